The van der Waals surface area contributed by atoms with E-state index in [0.29, 0.717) is 43.3 Å². The third-order valence-electron chi connectivity index (χ3n) is 15.8. The normalized spacial score (nSPS) is 29.9. The van der Waals surface area contributed by atoms with Crippen LogP contribution in [0.2, 0.25) is 0 Å². The van der Waals surface area contributed by atoms with E-state index in [1.54, 1.807) is 0 Å². The zero-order valence-electron chi connectivity index (χ0n) is 37.7. The van der Waals surface area contributed by atoms with Gasteiger partial charge in [-0.2, -0.15) is 0 Å². The number of phenols is 2. The molecule has 0 amide bonds. The third kappa shape index (κ3) is 9.34. The monoisotopic (exact) mass is 829 g/mol. The van der Waals surface area contributed by atoms with Crippen LogP contribution >= 0.6 is 0 Å². The van der Waals surface area contributed by atoms with Gasteiger partial charge in [0.25, 0.3) is 0 Å². The molecule has 5 N–H and O–H groups in total. The summed E-state index contributed by atoms with van der Waals surface area (Å²) in [7, 11) is 0. The van der Waals surface area contributed by atoms with Crippen molar-refractivity contribution >= 4 is 17.5 Å². The van der Waals surface area contributed by atoms with Crippen LogP contribution in [0.1, 0.15) is 150 Å². The highest BCUT2D eigenvalue weighted by molar-refractivity contribution is 6.10. The molecule has 9 nitrogen and oxygen atoms in total. The van der Waals surface area contributed by atoms with Gasteiger partial charge in [-0.1, -0.05) is 77.0 Å². The van der Waals surface area contributed by atoms with Gasteiger partial charge in [-0.15, -0.1) is 0 Å². The molecule has 0 radical (unpaired) electrons. The fourth-order valence-electron chi connectivity index (χ4n) is 11.5. The van der Waals surface area contributed by atoms with Gasteiger partial charge in [0.05, 0.1) is 18.3 Å². The summed E-state index contributed by atoms with van der Waals surface area (Å²) in [6.07, 6.45) is 17.5. The molecule has 0 aliphatic heterocycles. The zero-order chi connectivity index (χ0) is 44.4. The summed E-state index contributed by atoms with van der Waals surface area (Å²) < 4.78 is 5.60. The number of aliphatic hydroxyl groups excluding tert-OH is 2. The van der Waals surface area contributed by atoms with Crippen molar-refractivity contribution in [3.05, 3.63) is 82.0 Å². The van der Waals surface area contributed by atoms with Gasteiger partial charge >= 0.3 is 5.97 Å². The van der Waals surface area contributed by atoms with Crippen LogP contribution in [0.25, 0.3) is 0 Å². The molecule has 1 aromatic carbocycles. The number of hydrogen-bond donors (Lipinski definition) is 5. The number of aliphatic hydroxyl groups is 3. The Morgan fingerprint density at radius 2 is 1.65 bits per heavy atom. The van der Waals surface area contributed by atoms with E-state index in [0.717, 1.165) is 68.2 Å². The molecule has 2 fully saturated rings. The maximum absolute atomic E-state index is 13.5. The van der Waals surface area contributed by atoms with Crippen molar-refractivity contribution in [2.24, 2.45) is 39.4 Å². The van der Waals surface area contributed by atoms with Gasteiger partial charge in [0, 0.05) is 17.4 Å². The number of Topliss-reactive ketones (excluding diaryl/α,β-unsaturated/α-hetero) is 1. The molecule has 9 heteroatoms. The van der Waals surface area contributed by atoms with Gasteiger partial charge in [-0.25, -0.2) is 4.79 Å². The average Bonchev–Trinajstić information content (AvgIpc) is 3.48. The van der Waals surface area contributed by atoms with Crippen LogP contribution in [0, 0.1) is 39.4 Å². The van der Waals surface area contributed by atoms with Crippen LogP contribution in [0.5, 0.6) is 11.5 Å². The number of rotatable bonds is 17. The van der Waals surface area contributed by atoms with E-state index >= 15 is 0 Å². The van der Waals surface area contributed by atoms with E-state index in [2.05, 4.69) is 53.7 Å². The van der Waals surface area contributed by atoms with Crippen molar-refractivity contribution < 1.29 is 44.7 Å². The Hall–Kier alpha value is -3.79. The summed E-state index contributed by atoms with van der Waals surface area (Å²) in [6.45, 7) is 18.6. The maximum atomic E-state index is 13.5. The molecule has 0 heterocycles. The van der Waals surface area contributed by atoms with Crippen LogP contribution < -0.4 is 0 Å². The Morgan fingerprint density at radius 3 is 2.35 bits per heavy atom. The summed E-state index contributed by atoms with van der Waals surface area (Å²) in [6, 6.07) is 3.58. The highest BCUT2D eigenvalue weighted by Crippen LogP contribution is 2.71. The lowest BCUT2D eigenvalue weighted by molar-refractivity contribution is -0.155. The van der Waals surface area contributed by atoms with E-state index in [9.17, 15) is 39.9 Å². The number of benzene rings is 1. The molecule has 4 aliphatic rings. The Bertz CT molecular complexity index is 1960. The largest absolute Gasteiger partial charge is 0.508 e. The molecule has 4 aliphatic carbocycles. The standard InChI is InChI=1S/C51H72O9/c1-32(12-10-14-33(2)30-52)13-11-15-35(28-42(55)37-29-36(53)17-19-41(37)54)46(58)60-31-51(9,59)45(57)21-16-34(3)38-22-26-50(8)40-18-20-43-47(4,5)44(56)24-25-48(43,6)39(40)23-27-49(38,50)7/h13-14,17-19,23,28-29,34,38,43,45,52-54,57,59H,10-12,15-16,20-22,24-27,30-31H2,1-9H3. The van der Waals surface area contributed by atoms with E-state index in [1.807, 2.05) is 26.0 Å². The highest BCUT2D eigenvalue weighted by Gasteiger charge is 2.63. The van der Waals surface area contributed by atoms with Gasteiger partial charge in [-0.3, -0.25) is 9.59 Å². The zero-order valence-corrected chi connectivity index (χ0v) is 37.7. The fraction of sp³-hybridized carbons (Fsp3) is 0.627. The van der Waals surface area contributed by atoms with Crippen molar-refractivity contribution in [3.8, 4) is 11.5 Å². The Kier molecular flexibility index (Phi) is 14.4. The summed E-state index contributed by atoms with van der Waals surface area (Å²) in [5, 5.41) is 52.3. The minimum Gasteiger partial charge on any atom is -0.508 e. The van der Waals surface area contributed by atoms with Gasteiger partial charge in [-0.05, 0) is 161 Å². The Morgan fingerprint density at radius 1 is 0.967 bits per heavy atom. The number of phenolic OH excluding ortho intramolecular Hbond substituents is 2. The molecule has 8 atom stereocenters. The molecule has 2 saturated carbocycles. The number of carbonyl (C=O) groups is 3. The number of hydrogen-bond acceptors (Lipinski definition) is 9. The van der Waals surface area contributed by atoms with E-state index in [4.69, 9.17) is 4.74 Å². The molecule has 1 aromatic rings. The first kappa shape index (κ1) is 47.3. The van der Waals surface area contributed by atoms with Gasteiger partial charge in [0.1, 0.15) is 29.5 Å². The number of esters is 1. The number of aromatic hydroxyl groups is 2. The molecule has 5 rings (SSSR count). The van der Waals surface area contributed by atoms with E-state index in [-0.39, 0.29) is 63.2 Å². The molecule has 60 heavy (non-hydrogen) atoms. The summed E-state index contributed by atoms with van der Waals surface area (Å²) in [5.41, 5.74) is 2.71. The first-order chi connectivity index (χ1) is 28.0. The van der Waals surface area contributed by atoms with Crippen molar-refractivity contribution in [1.82, 2.24) is 0 Å². The lowest BCUT2D eigenvalue weighted by Gasteiger charge is -2.59. The molecular formula is C51H72O9. The van der Waals surface area contributed by atoms with Gasteiger partial charge in [0.2, 0.25) is 0 Å². The quantitative estimate of drug-likeness (QED) is 0.0339. The van der Waals surface area contributed by atoms with Crippen molar-refractivity contribution in [2.45, 2.75) is 151 Å². The number of carbonyl (C=O) groups excluding carboxylic acids is 3. The summed E-state index contributed by atoms with van der Waals surface area (Å²) in [5.74, 6) is -0.707. The van der Waals surface area contributed by atoms with Crippen LogP contribution in [0.4, 0.5) is 0 Å². The van der Waals surface area contributed by atoms with E-state index in [1.165, 1.54) is 30.2 Å². The molecule has 0 spiro atoms. The van der Waals surface area contributed by atoms with Crippen LogP contribution in [0.15, 0.2) is 76.4 Å². The number of ketones is 2. The molecule has 0 saturated heterocycles. The van der Waals surface area contributed by atoms with Gasteiger partial charge in [0.15, 0.2) is 5.78 Å². The highest BCUT2D eigenvalue weighted by atomic mass is 16.5. The second-order valence-corrected chi connectivity index (χ2v) is 20.3. The lowest BCUT2D eigenvalue weighted by Crippen LogP contribution is -2.53. The van der Waals surface area contributed by atoms with Crippen molar-refractivity contribution in [2.75, 3.05) is 13.2 Å². The minimum absolute atomic E-state index is 0.00537. The number of ether oxygens (including phenoxy) is 1. The van der Waals surface area contributed by atoms with Crippen LogP contribution in [0.3, 0.4) is 0 Å². The molecule has 330 valence electrons. The van der Waals surface area contributed by atoms with Gasteiger partial charge < -0.3 is 30.3 Å². The molecule has 0 aromatic heterocycles. The molecule has 8 unspecified atom stereocenters. The second-order valence-electron chi connectivity index (χ2n) is 20.3. The second kappa shape index (κ2) is 18.3. The summed E-state index contributed by atoms with van der Waals surface area (Å²) >= 11 is 0. The average molecular weight is 829 g/mol. The first-order valence-electron chi connectivity index (χ1n) is 22.2. The maximum Gasteiger partial charge on any atom is 0.334 e. The number of allylic oxidation sites excluding steroid dienone is 8. The molecule has 0 bridgehead atoms. The van der Waals surface area contributed by atoms with Crippen LogP contribution in [-0.2, 0) is 14.3 Å². The third-order valence-corrected chi connectivity index (χ3v) is 15.8. The fourth-order valence-corrected chi connectivity index (χ4v) is 11.5. The predicted molar refractivity (Wildman–Crippen MR) is 235 cm³/mol. The van der Waals surface area contributed by atoms with E-state index < -0.39 is 30.1 Å². The number of fused-ring (bicyclic) bond motifs is 5. The lowest BCUT2D eigenvalue weighted by atomic mass is 9.44. The smallest absolute Gasteiger partial charge is 0.334 e. The van der Waals surface area contributed by atoms with Crippen molar-refractivity contribution in [1.29, 1.82) is 0 Å². The Labute approximate surface area is 358 Å². The van der Waals surface area contributed by atoms with Crippen molar-refractivity contribution in [3.63, 3.8) is 0 Å². The first-order valence-corrected chi connectivity index (χ1v) is 22.2. The van der Waals surface area contributed by atoms with Crippen LogP contribution in [-0.4, -0.2) is 68.0 Å². The Balaban J connectivity index is 1.23. The SMILES string of the molecule is CC(=CCCC(C)=CCCC(=CC(=O)c1cc(O)ccc1O)C(=O)OCC(C)(O)C(O)CCC(C)C1CCC2(C)C3=CCC4C(C)(C)C(=O)CCC4(C)C3=CCC12C)CO. The molecular weight excluding hydrogens is 757 g/mol. The predicted octanol–water partition coefficient (Wildman–Crippen LogP) is 9.82. The summed E-state index contributed by atoms with van der Waals surface area (Å²) in [4.78, 5) is 39.8. The topological polar surface area (TPSA) is 162 Å². The minimum atomic E-state index is -1.75.